The first-order valence-corrected chi connectivity index (χ1v) is 8.14. The molecule has 2 nitrogen and oxygen atoms in total. The van der Waals surface area contributed by atoms with Gasteiger partial charge in [0, 0.05) is 6.04 Å². The van der Waals surface area contributed by atoms with Crippen molar-refractivity contribution in [3.63, 3.8) is 0 Å². The van der Waals surface area contributed by atoms with Gasteiger partial charge >= 0.3 is 0 Å². The van der Waals surface area contributed by atoms with Crippen molar-refractivity contribution in [2.24, 2.45) is 11.7 Å². The minimum Gasteiger partial charge on any atom is -0.372 e. The van der Waals surface area contributed by atoms with Gasteiger partial charge in [-0.2, -0.15) is 0 Å². The molecule has 0 bridgehead atoms. The topological polar surface area (TPSA) is 35.2 Å². The van der Waals surface area contributed by atoms with Crippen LogP contribution < -0.4 is 5.73 Å². The molecule has 0 aliphatic heterocycles. The second kappa shape index (κ2) is 7.80. The lowest BCUT2D eigenvalue weighted by molar-refractivity contribution is 0.00437. The predicted molar refractivity (Wildman–Crippen MR) is 84.7 cm³/mol. The normalized spacial score (nSPS) is 19.8. The van der Waals surface area contributed by atoms with Gasteiger partial charge in [0.25, 0.3) is 0 Å². The Morgan fingerprint density at radius 3 is 2.65 bits per heavy atom. The average molecular weight is 275 g/mol. The molecule has 1 fully saturated rings. The second-order valence-corrected chi connectivity index (χ2v) is 6.24. The summed E-state index contributed by atoms with van der Waals surface area (Å²) in [7, 11) is 0. The quantitative estimate of drug-likeness (QED) is 0.836. The first-order chi connectivity index (χ1) is 9.70. The van der Waals surface area contributed by atoms with E-state index in [1.165, 1.54) is 43.2 Å². The molecule has 20 heavy (non-hydrogen) atoms. The molecule has 1 aliphatic rings. The lowest BCUT2D eigenvalue weighted by atomic mass is 9.90. The Morgan fingerprint density at radius 2 is 2.00 bits per heavy atom. The van der Waals surface area contributed by atoms with Crippen molar-refractivity contribution < 1.29 is 4.74 Å². The van der Waals surface area contributed by atoms with E-state index >= 15 is 0 Å². The van der Waals surface area contributed by atoms with Crippen LogP contribution in [0, 0.1) is 12.8 Å². The molecule has 0 amide bonds. The van der Waals surface area contributed by atoms with Crippen LogP contribution in [0.2, 0.25) is 0 Å². The van der Waals surface area contributed by atoms with Crippen LogP contribution in [0.5, 0.6) is 0 Å². The highest BCUT2D eigenvalue weighted by molar-refractivity contribution is 5.25. The molecule has 2 atom stereocenters. The summed E-state index contributed by atoms with van der Waals surface area (Å²) in [5.74, 6) is 0.736. The van der Waals surface area contributed by atoms with E-state index in [-0.39, 0.29) is 12.1 Å². The number of aryl methyl sites for hydroxylation is 1. The monoisotopic (exact) mass is 275 g/mol. The lowest BCUT2D eigenvalue weighted by Gasteiger charge is -2.28. The maximum absolute atomic E-state index is 6.29. The Kier molecular flexibility index (Phi) is 6.06. The van der Waals surface area contributed by atoms with E-state index in [1.807, 2.05) is 0 Å². The van der Waals surface area contributed by atoms with Gasteiger partial charge in [0.05, 0.1) is 12.7 Å². The molecule has 1 aromatic rings. The molecule has 0 radical (unpaired) electrons. The molecule has 2 N–H and O–H groups in total. The fraction of sp³-hybridized carbons (Fsp3) is 0.667. The Hall–Kier alpha value is -0.860. The molecule has 1 aromatic carbocycles. The summed E-state index contributed by atoms with van der Waals surface area (Å²) in [6, 6.07) is 8.67. The van der Waals surface area contributed by atoms with Gasteiger partial charge in [-0.3, -0.25) is 0 Å². The second-order valence-electron chi connectivity index (χ2n) is 6.24. The Morgan fingerprint density at radius 1 is 1.25 bits per heavy atom. The van der Waals surface area contributed by atoms with Crippen LogP contribution in [0.3, 0.4) is 0 Å². The number of benzene rings is 1. The molecule has 1 aliphatic carbocycles. The zero-order chi connectivity index (χ0) is 14.4. The average Bonchev–Trinajstić information content (AvgIpc) is 2.48. The van der Waals surface area contributed by atoms with Gasteiger partial charge in [-0.25, -0.2) is 0 Å². The predicted octanol–water partition coefficient (Wildman–Crippen LogP) is 4.37. The summed E-state index contributed by atoms with van der Waals surface area (Å²) in [6.07, 6.45) is 7.76. The SMILES string of the molecule is CCC(N)C(OCC1CCCCC1)c1cccc(C)c1. The summed E-state index contributed by atoms with van der Waals surface area (Å²) < 4.78 is 6.25. The summed E-state index contributed by atoms with van der Waals surface area (Å²) in [5, 5.41) is 0. The zero-order valence-corrected chi connectivity index (χ0v) is 13.0. The largest absolute Gasteiger partial charge is 0.372 e. The van der Waals surface area contributed by atoms with Crippen molar-refractivity contribution in [1.82, 2.24) is 0 Å². The molecule has 2 unspecified atom stereocenters. The van der Waals surface area contributed by atoms with Crippen LogP contribution >= 0.6 is 0 Å². The number of hydrogen-bond donors (Lipinski definition) is 1. The molecule has 1 saturated carbocycles. The van der Waals surface area contributed by atoms with E-state index in [4.69, 9.17) is 10.5 Å². The van der Waals surface area contributed by atoms with E-state index in [0.717, 1.165) is 18.9 Å². The van der Waals surface area contributed by atoms with Crippen molar-refractivity contribution in [2.75, 3.05) is 6.61 Å². The van der Waals surface area contributed by atoms with Crippen LogP contribution in [-0.2, 0) is 4.74 Å². The van der Waals surface area contributed by atoms with Crippen molar-refractivity contribution >= 4 is 0 Å². The molecule has 0 spiro atoms. The summed E-state index contributed by atoms with van der Waals surface area (Å²) in [5.41, 5.74) is 8.80. The van der Waals surface area contributed by atoms with Crippen molar-refractivity contribution in [3.8, 4) is 0 Å². The number of rotatable bonds is 6. The molecule has 2 heteroatoms. The van der Waals surface area contributed by atoms with Crippen LogP contribution in [0.4, 0.5) is 0 Å². The number of ether oxygens (including phenoxy) is 1. The molecular formula is C18H29NO. The fourth-order valence-electron chi connectivity index (χ4n) is 3.12. The minimum atomic E-state index is 0.0434. The van der Waals surface area contributed by atoms with Gasteiger partial charge in [0.15, 0.2) is 0 Å². The molecule has 0 saturated heterocycles. The maximum atomic E-state index is 6.29. The first kappa shape index (κ1) is 15.5. The smallest absolute Gasteiger partial charge is 0.0975 e. The van der Waals surface area contributed by atoms with E-state index in [0.29, 0.717) is 0 Å². The third-order valence-corrected chi connectivity index (χ3v) is 4.47. The van der Waals surface area contributed by atoms with Crippen LogP contribution in [0.15, 0.2) is 24.3 Å². The number of nitrogens with two attached hydrogens (primary N) is 1. The van der Waals surface area contributed by atoms with Gasteiger partial charge in [-0.1, -0.05) is 56.0 Å². The molecule has 0 heterocycles. The Labute approximate surface area is 123 Å². The standard InChI is InChI=1S/C18H29NO/c1-3-17(19)18(16-11-7-8-14(2)12-16)20-13-15-9-5-4-6-10-15/h7-8,11-12,15,17-18H,3-6,9-10,13,19H2,1-2H3. The Bertz CT molecular complexity index is 398. The van der Waals surface area contributed by atoms with Gasteiger partial charge in [-0.15, -0.1) is 0 Å². The van der Waals surface area contributed by atoms with Crippen LogP contribution in [0.25, 0.3) is 0 Å². The summed E-state index contributed by atoms with van der Waals surface area (Å²) in [4.78, 5) is 0. The van der Waals surface area contributed by atoms with E-state index in [2.05, 4.69) is 38.1 Å². The zero-order valence-electron chi connectivity index (χ0n) is 13.0. The maximum Gasteiger partial charge on any atom is 0.0975 e. The van der Waals surface area contributed by atoms with E-state index in [9.17, 15) is 0 Å². The lowest BCUT2D eigenvalue weighted by Crippen LogP contribution is -2.31. The van der Waals surface area contributed by atoms with Gasteiger partial charge in [-0.05, 0) is 37.7 Å². The first-order valence-electron chi connectivity index (χ1n) is 8.14. The van der Waals surface area contributed by atoms with Crippen molar-refractivity contribution in [3.05, 3.63) is 35.4 Å². The highest BCUT2D eigenvalue weighted by atomic mass is 16.5. The highest BCUT2D eigenvalue weighted by Crippen LogP contribution is 2.28. The molecular weight excluding hydrogens is 246 g/mol. The molecule has 112 valence electrons. The third kappa shape index (κ3) is 4.32. The van der Waals surface area contributed by atoms with Gasteiger partial charge < -0.3 is 10.5 Å². The number of hydrogen-bond acceptors (Lipinski definition) is 2. The minimum absolute atomic E-state index is 0.0434. The van der Waals surface area contributed by atoms with Gasteiger partial charge in [0.2, 0.25) is 0 Å². The van der Waals surface area contributed by atoms with E-state index < -0.39 is 0 Å². The fourth-order valence-corrected chi connectivity index (χ4v) is 3.12. The van der Waals surface area contributed by atoms with Crippen molar-refractivity contribution in [2.45, 2.75) is 64.5 Å². The highest BCUT2D eigenvalue weighted by Gasteiger charge is 2.22. The van der Waals surface area contributed by atoms with E-state index in [1.54, 1.807) is 0 Å². The van der Waals surface area contributed by atoms with Crippen LogP contribution in [0.1, 0.15) is 62.7 Å². The molecule has 2 rings (SSSR count). The van der Waals surface area contributed by atoms with Crippen LogP contribution in [-0.4, -0.2) is 12.6 Å². The van der Waals surface area contributed by atoms with Crippen molar-refractivity contribution in [1.29, 1.82) is 0 Å². The van der Waals surface area contributed by atoms with Gasteiger partial charge in [0.1, 0.15) is 0 Å². The third-order valence-electron chi connectivity index (χ3n) is 4.47. The molecule has 0 aromatic heterocycles. The summed E-state index contributed by atoms with van der Waals surface area (Å²) >= 11 is 0. The Balaban J connectivity index is 2.00. The summed E-state index contributed by atoms with van der Waals surface area (Å²) in [6.45, 7) is 5.13.